The highest BCUT2D eigenvalue weighted by molar-refractivity contribution is 5.93. The van der Waals surface area contributed by atoms with E-state index in [1.807, 2.05) is 32.9 Å². The summed E-state index contributed by atoms with van der Waals surface area (Å²) < 4.78 is 0. The Kier molecular flexibility index (Phi) is 5.62. The van der Waals surface area contributed by atoms with Gasteiger partial charge in [0.1, 0.15) is 0 Å². The number of rotatable bonds is 6. The largest absolute Gasteiger partial charge is 0.352 e. The Morgan fingerprint density at radius 2 is 1.96 bits per heavy atom. The number of amides is 1. The molecule has 0 spiro atoms. The molecule has 0 aliphatic carbocycles. The zero-order valence-electron chi connectivity index (χ0n) is 14.0. The van der Waals surface area contributed by atoms with Crippen molar-refractivity contribution in [2.75, 3.05) is 12.4 Å². The standard InChI is InChI=1S/C17H23N5O/c1-5-15(13-7-6-8-18-9-13)22(4)16(23)14-10-19-17(20-11-14)21-12(2)3/h6-12,15H,5H2,1-4H3,(H,19,20,21). The summed E-state index contributed by atoms with van der Waals surface area (Å²) in [6, 6.07) is 4.09. The molecular weight excluding hydrogens is 290 g/mol. The molecule has 0 aliphatic rings. The summed E-state index contributed by atoms with van der Waals surface area (Å²) in [7, 11) is 1.80. The van der Waals surface area contributed by atoms with E-state index in [2.05, 4.69) is 20.3 Å². The number of aromatic nitrogens is 3. The molecule has 0 saturated heterocycles. The van der Waals surface area contributed by atoms with E-state index in [-0.39, 0.29) is 18.0 Å². The van der Waals surface area contributed by atoms with Gasteiger partial charge in [0.05, 0.1) is 11.6 Å². The highest BCUT2D eigenvalue weighted by Gasteiger charge is 2.22. The summed E-state index contributed by atoms with van der Waals surface area (Å²) in [6.45, 7) is 6.07. The van der Waals surface area contributed by atoms with E-state index >= 15 is 0 Å². The third-order valence-electron chi connectivity index (χ3n) is 3.56. The number of carbonyl (C=O) groups excluding carboxylic acids is 1. The smallest absolute Gasteiger partial charge is 0.257 e. The van der Waals surface area contributed by atoms with Crippen molar-refractivity contribution in [2.45, 2.75) is 39.3 Å². The molecule has 122 valence electrons. The Hall–Kier alpha value is -2.50. The van der Waals surface area contributed by atoms with Gasteiger partial charge < -0.3 is 10.2 Å². The van der Waals surface area contributed by atoms with E-state index in [1.54, 1.807) is 36.7 Å². The van der Waals surface area contributed by atoms with Crippen LogP contribution in [0.1, 0.15) is 49.2 Å². The maximum atomic E-state index is 12.7. The van der Waals surface area contributed by atoms with Gasteiger partial charge in [0.2, 0.25) is 5.95 Å². The van der Waals surface area contributed by atoms with Crippen LogP contribution in [0.25, 0.3) is 0 Å². The lowest BCUT2D eigenvalue weighted by Gasteiger charge is -2.27. The first-order valence-corrected chi connectivity index (χ1v) is 7.78. The van der Waals surface area contributed by atoms with Crippen molar-refractivity contribution in [3.63, 3.8) is 0 Å². The summed E-state index contributed by atoms with van der Waals surface area (Å²) in [5.74, 6) is 0.426. The van der Waals surface area contributed by atoms with Crippen LogP contribution in [0.15, 0.2) is 36.9 Å². The zero-order valence-corrected chi connectivity index (χ0v) is 14.0. The van der Waals surface area contributed by atoms with Gasteiger partial charge in [0, 0.05) is 37.9 Å². The van der Waals surface area contributed by atoms with Crippen LogP contribution in [0, 0.1) is 0 Å². The molecule has 2 aromatic rings. The summed E-state index contributed by atoms with van der Waals surface area (Å²) >= 11 is 0. The van der Waals surface area contributed by atoms with E-state index in [9.17, 15) is 4.79 Å². The maximum absolute atomic E-state index is 12.7. The number of nitrogens with zero attached hydrogens (tertiary/aromatic N) is 4. The molecule has 0 aliphatic heterocycles. The topological polar surface area (TPSA) is 71.0 Å². The number of hydrogen-bond donors (Lipinski definition) is 1. The quantitative estimate of drug-likeness (QED) is 0.888. The molecule has 0 aromatic carbocycles. The van der Waals surface area contributed by atoms with Gasteiger partial charge in [-0.25, -0.2) is 9.97 Å². The van der Waals surface area contributed by atoms with Gasteiger partial charge in [0.25, 0.3) is 5.91 Å². The van der Waals surface area contributed by atoms with E-state index < -0.39 is 0 Å². The van der Waals surface area contributed by atoms with Gasteiger partial charge >= 0.3 is 0 Å². The molecule has 0 radical (unpaired) electrons. The van der Waals surface area contributed by atoms with Crippen molar-refractivity contribution in [1.29, 1.82) is 0 Å². The predicted octanol–water partition coefficient (Wildman–Crippen LogP) is 2.92. The van der Waals surface area contributed by atoms with Crippen LogP contribution in [0.3, 0.4) is 0 Å². The number of hydrogen-bond acceptors (Lipinski definition) is 5. The van der Waals surface area contributed by atoms with Crippen LogP contribution >= 0.6 is 0 Å². The van der Waals surface area contributed by atoms with Crippen LogP contribution in [0.5, 0.6) is 0 Å². The molecule has 2 aromatic heterocycles. The van der Waals surface area contributed by atoms with Crippen molar-refractivity contribution in [3.8, 4) is 0 Å². The third kappa shape index (κ3) is 4.25. The molecule has 0 bridgehead atoms. The van der Waals surface area contributed by atoms with Crippen molar-refractivity contribution >= 4 is 11.9 Å². The van der Waals surface area contributed by atoms with Crippen molar-refractivity contribution in [1.82, 2.24) is 19.9 Å². The number of carbonyl (C=O) groups is 1. The average molecular weight is 313 g/mol. The number of nitrogens with one attached hydrogen (secondary N) is 1. The molecule has 6 nitrogen and oxygen atoms in total. The first-order chi connectivity index (χ1) is 11.0. The predicted molar refractivity (Wildman–Crippen MR) is 90.2 cm³/mol. The highest BCUT2D eigenvalue weighted by Crippen LogP contribution is 2.23. The van der Waals surface area contributed by atoms with Crippen LogP contribution in [-0.2, 0) is 0 Å². The molecule has 6 heteroatoms. The Bertz CT molecular complexity index is 627. The van der Waals surface area contributed by atoms with Gasteiger partial charge in [-0.3, -0.25) is 9.78 Å². The van der Waals surface area contributed by atoms with Crippen molar-refractivity contribution in [2.24, 2.45) is 0 Å². The Balaban J connectivity index is 2.15. The van der Waals surface area contributed by atoms with Gasteiger partial charge in [0.15, 0.2) is 0 Å². The Morgan fingerprint density at radius 3 is 2.48 bits per heavy atom. The molecule has 0 saturated carbocycles. The van der Waals surface area contributed by atoms with Crippen LogP contribution in [-0.4, -0.2) is 38.8 Å². The number of anilines is 1. The second-order valence-corrected chi connectivity index (χ2v) is 5.72. The Morgan fingerprint density at radius 1 is 1.26 bits per heavy atom. The second-order valence-electron chi connectivity index (χ2n) is 5.72. The highest BCUT2D eigenvalue weighted by atomic mass is 16.2. The molecular formula is C17H23N5O. The van der Waals surface area contributed by atoms with Crippen molar-refractivity contribution < 1.29 is 4.79 Å². The third-order valence-corrected chi connectivity index (χ3v) is 3.56. The molecule has 1 N–H and O–H groups in total. The van der Waals surface area contributed by atoms with Gasteiger partial charge in [-0.05, 0) is 31.9 Å². The van der Waals surface area contributed by atoms with E-state index in [4.69, 9.17) is 0 Å². The van der Waals surface area contributed by atoms with Crippen molar-refractivity contribution in [3.05, 3.63) is 48.0 Å². The SMILES string of the molecule is CCC(c1cccnc1)N(C)C(=O)c1cnc(NC(C)C)nc1. The molecule has 0 fully saturated rings. The fraction of sp³-hybridized carbons (Fsp3) is 0.412. The minimum atomic E-state index is -0.100. The molecule has 1 amide bonds. The fourth-order valence-electron chi connectivity index (χ4n) is 2.42. The lowest BCUT2D eigenvalue weighted by atomic mass is 10.0. The zero-order chi connectivity index (χ0) is 16.8. The summed E-state index contributed by atoms with van der Waals surface area (Å²) in [5, 5.41) is 3.10. The Labute approximate surface area is 137 Å². The monoisotopic (exact) mass is 313 g/mol. The van der Waals surface area contributed by atoms with E-state index in [0.29, 0.717) is 11.5 Å². The van der Waals surface area contributed by atoms with Crippen LogP contribution in [0.4, 0.5) is 5.95 Å². The molecule has 1 atom stereocenters. The first-order valence-electron chi connectivity index (χ1n) is 7.78. The lowest BCUT2D eigenvalue weighted by molar-refractivity contribution is 0.0725. The average Bonchev–Trinajstić information content (AvgIpc) is 2.56. The molecule has 2 heterocycles. The minimum Gasteiger partial charge on any atom is -0.352 e. The first kappa shape index (κ1) is 16.9. The number of pyridine rings is 1. The van der Waals surface area contributed by atoms with Gasteiger partial charge in [-0.15, -0.1) is 0 Å². The molecule has 1 unspecified atom stereocenters. The minimum absolute atomic E-state index is 0.0235. The fourth-order valence-corrected chi connectivity index (χ4v) is 2.42. The lowest BCUT2D eigenvalue weighted by Crippen LogP contribution is -2.31. The van der Waals surface area contributed by atoms with Gasteiger partial charge in [-0.2, -0.15) is 0 Å². The molecule has 23 heavy (non-hydrogen) atoms. The maximum Gasteiger partial charge on any atom is 0.257 e. The summed E-state index contributed by atoms with van der Waals surface area (Å²) in [5.41, 5.74) is 1.49. The van der Waals surface area contributed by atoms with Gasteiger partial charge in [-0.1, -0.05) is 13.0 Å². The van der Waals surface area contributed by atoms with Crippen LogP contribution in [0.2, 0.25) is 0 Å². The van der Waals surface area contributed by atoms with E-state index in [0.717, 1.165) is 12.0 Å². The van der Waals surface area contributed by atoms with Crippen LogP contribution < -0.4 is 5.32 Å². The summed E-state index contributed by atoms with van der Waals surface area (Å²) in [6.07, 6.45) is 7.46. The molecule has 2 rings (SSSR count). The normalized spacial score (nSPS) is 12.0. The summed E-state index contributed by atoms with van der Waals surface area (Å²) in [4.78, 5) is 26.9. The van der Waals surface area contributed by atoms with E-state index in [1.165, 1.54) is 0 Å². The second kappa shape index (κ2) is 7.67.